The van der Waals surface area contributed by atoms with Crippen LogP contribution in [0.1, 0.15) is 43.0 Å². The van der Waals surface area contributed by atoms with Crippen LogP contribution >= 0.6 is 0 Å². The first kappa shape index (κ1) is 23.0. The van der Waals surface area contributed by atoms with Crippen molar-refractivity contribution in [3.8, 4) is 0 Å². The number of benzene rings is 1. The number of aromatic nitrogens is 2. The van der Waals surface area contributed by atoms with E-state index in [9.17, 15) is 13.2 Å². The van der Waals surface area contributed by atoms with Crippen LogP contribution in [-0.2, 0) is 10.0 Å². The first-order valence-electron chi connectivity index (χ1n) is 11.4. The zero-order chi connectivity index (χ0) is 23.3. The zero-order valence-electron chi connectivity index (χ0n) is 18.8. The second-order valence-corrected chi connectivity index (χ2v) is 10.3. The van der Waals surface area contributed by atoms with E-state index in [-0.39, 0.29) is 11.7 Å². The molecule has 4 rings (SSSR count). The number of fused-ring (bicyclic) bond motifs is 6. The average molecular weight is 471 g/mol. The molecule has 1 aromatic heterocycles. The van der Waals surface area contributed by atoms with Crippen LogP contribution in [-0.4, -0.2) is 49.7 Å². The van der Waals surface area contributed by atoms with Gasteiger partial charge in [0.25, 0.3) is 5.91 Å². The molecule has 1 atom stereocenters. The lowest BCUT2D eigenvalue weighted by molar-refractivity contribution is 0.102. The molecule has 1 amide bonds. The predicted octanol–water partition coefficient (Wildman–Crippen LogP) is 3.47. The van der Waals surface area contributed by atoms with Crippen molar-refractivity contribution >= 4 is 39.1 Å². The van der Waals surface area contributed by atoms with Crippen LogP contribution in [0.25, 0.3) is 0 Å². The lowest BCUT2D eigenvalue weighted by atomic mass is 9.93. The Labute approximate surface area is 194 Å². The van der Waals surface area contributed by atoms with E-state index >= 15 is 0 Å². The summed E-state index contributed by atoms with van der Waals surface area (Å²) in [6.07, 6.45) is 9.96. The highest BCUT2D eigenvalue weighted by atomic mass is 32.2. The van der Waals surface area contributed by atoms with E-state index in [4.69, 9.17) is 0 Å². The van der Waals surface area contributed by atoms with Crippen LogP contribution in [0.3, 0.4) is 0 Å². The monoisotopic (exact) mass is 470 g/mol. The molecule has 0 radical (unpaired) electrons. The minimum atomic E-state index is -3.43. The summed E-state index contributed by atoms with van der Waals surface area (Å²) in [4.78, 5) is 24.0. The number of carbonyl (C=O) groups excluding carboxylic acids is 1. The quantitative estimate of drug-likeness (QED) is 0.588. The molecule has 33 heavy (non-hydrogen) atoms. The fourth-order valence-corrected chi connectivity index (χ4v) is 4.78. The number of amides is 1. The Kier molecular flexibility index (Phi) is 7.12. The fraction of sp³-hybridized carbons (Fsp3) is 0.435. The van der Waals surface area contributed by atoms with Gasteiger partial charge in [-0.15, -0.1) is 0 Å². The molecule has 1 saturated heterocycles. The third-order valence-electron chi connectivity index (χ3n) is 5.88. The maximum atomic E-state index is 13.2. The minimum Gasteiger partial charge on any atom is -0.371 e. The molecule has 2 aliphatic rings. The number of rotatable bonds is 3. The van der Waals surface area contributed by atoms with Crippen molar-refractivity contribution in [3.63, 3.8) is 0 Å². The molecule has 1 fully saturated rings. The third kappa shape index (κ3) is 6.01. The van der Waals surface area contributed by atoms with Crippen molar-refractivity contribution in [1.29, 1.82) is 0 Å². The number of sulfonamides is 1. The molecular formula is C23H30N6O3S. The summed E-state index contributed by atoms with van der Waals surface area (Å²) in [6, 6.07) is 6.70. The van der Waals surface area contributed by atoms with E-state index in [0.29, 0.717) is 35.5 Å². The van der Waals surface area contributed by atoms with Gasteiger partial charge in [0.05, 0.1) is 22.7 Å². The largest absolute Gasteiger partial charge is 0.371 e. The molecule has 10 heteroatoms. The van der Waals surface area contributed by atoms with Crippen molar-refractivity contribution in [2.75, 3.05) is 45.6 Å². The Bertz CT molecular complexity index is 1130. The highest BCUT2D eigenvalue weighted by Gasteiger charge is 2.24. The van der Waals surface area contributed by atoms with Gasteiger partial charge in [-0.3, -0.25) is 9.52 Å². The number of anilines is 4. The smallest absolute Gasteiger partial charge is 0.258 e. The number of nitrogens with one attached hydrogen (secondary N) is 3. The molecule has 0 spiro atoms. The van der Waals surface area contributed by atoms with Gasteiger partial charge in [0.2, 0.25) is 16.0 Å². The predicted molar refractivity (Wildman–Crippen MR) is 131 cm³/mol. The van der Waals surface area contributed by atoms with Gasteiger partial charge >= 0.3 is 0 Å². The molecule has 2 aliphatic heterocycles. The van der Waals surface area contributed by atoms with Gasteiger partial charge in [0.1, 0.15) is 5.82 Å². The van der Waals surface area contributed by atoms with E-state index in [1.165, 1.54) is 0 Å². The van der Waals surface area contributed by atoms with E-state index in [1.807, 2.05) is 0 Å². The lowest BCUT2D eigenvalue weighted by Crippen LogP contribution is -2.36. The zero-order valence-corrected chi connectivity index (χ0v) is 19.6. The molecule has 1 aromatic carbocycles. The summed E-state index contributed by atoms with van der Waals surface area (Å²) >= 11 is 0. The molecule has 0 aliphatic carbocycles. The summed E-state index contributed by atoms with van der Waals surface area (Å²) in [5.74, 6) is 1.01. The van der Waals surface area contributed by atoms with E-state index in [1.54, 1.807) is 37.4 Å². The molecule has 9 nitrogen and oxygen atoms in total. The van der Waals surface area contributed by atoms with E-state index < -0.39 is 10.0 Å². The first-order chi connectivity index (χ1) is 15.9. The van der Waals surface area contributed by atoms with Gasteiger partial charge in [0.15, 0.2) is 0 Å². The molecular weight excluding hydrogens is 440 g/mol. The number of hydrogen-bond donors (Lipinski definition) is 3. The Morgan fingerprint density at radius 3 is 2.97 bits per heavy atom. The maximum absolute atomic E-state index is 13.2. The molecule has 4 bridgehead atoms. The van der Waals surface area contributed by atoms with Crippen molar-refractivity contribution in [2.24, 2.45) is 5.92 Å². The van der Waals surface area contributed by atoms with Crippen LogP contribution in [0.15, 0.2) is 42.6 Å². The number of nitrogens with zero attached hydrogens (tertiary/aromatic N) is 3. The van der Waals surface area contributed by atoms with Crippen LogP contribution < -0.4 is 20.3 Å². The van der Waals surface area contributed by atoms with E-state index in [0.717, 1.165) is 44.5 Å². The average Bonchev–Trinajstić information content (AvgIpc) is 2.81. The summed E-state index contributed by atoms with van der Waals surface area (Å²) in [7, 11) is -3.43. The summed E-state index contributed by atoms with van der Waals surface area (Å²) < 4.78 is 26.8. The molecule has 3 heterocycles. The standard InChI is InChI=1S/C23H30N6O3S/c1-2-33(31,32)28-18-9-10-19-20(15-18)29-14-6-8-17(16-29)7-4-3-5-12-24-23-25-13-11-21(27-23)26-22(19)30/h3-4,9-11,13,15,17,28H,2,5-8,12,14,16H2,1H3,(H2,24,25,26,27,30)/b4-3-. The van der Waals surface area contributed by atoms with Crippen molar-refractivity contribution in [1.82, 2.24) is 9.97 Å². The molecule has 2 aromatic rings. The second kappa shape index (κ2) is 10.2. The van der Waals surface area contributed by atoms with Crippen molar-refractivity contribution in [2.45, 2.75) is 32.6 Å². The Balaban J connectivity index is 1.72. The minimum absolute atomic E-state index is 0.0211. The number of hydrogen-bond acceptors (Lipinski definition) is 7. The van der Waals surface area contributed by atoms with Gasteiger partial charge in [-0.1, -0.05) is 12.2 Å². The third-order valence-corrected chi connectivity index (χ3v) is 7.19. The van der Waals surface area contributed by atoms with Crippen molar-refractivity contribution in [3.05, 3.63) is 48.2 Å². The number of piperidine rings is 1. The fourth-order valence-electron chi connectivity index (χ4n) is 4.15. The topological polar surface area (TPSA) is 116 Å². The summed E-state index contributed by atoms with van der Waals surface area (Å²) in [5, 5.41) is 6.04. The van der Waals surface area contributed by atoms with Crippen LogP contribution in [0.4, 0.5) is 23.1 Å². The SMILES string of the molecule is CCS(=O)(=O)Nc1ccc2c(c1)N1CCCC(C/C=C\CCNc3nccc(n3)NC2=O)C1. The molecule has 0 saturated carbocycles. The normalized spacial score (nSPS) is 20.2. The van der Waals surface area contributed by atoms with E-state index in [2.05, 4.69) is 42.4 Å². The summed E-state index contributed by atoms with van der Waals surface area (Å²) in [5.41, 5.74) is 1.65. The Morgan fingerprint density at radius 2 is 2.12 bits per heavy atom. The van der Waals surface area contributed by atoms with Crippen LogP contribution in [0.2, 0.25) is 0 Å². The number of allylic oxidation sites excluding steroid dienone is 1. The molecule has 176 valence electrons. The van der Waals surface area contributed by atoms with Gasteiger partial charge in [-0.05, 0) is 62.8 Å². The summed E-state index contributed by atoms with van der Waals surface area (Å²) in [6.45, 7) is 3.92. The molecule has 3 N–H and O–H groups in total. The number of carbonyl (C=O) groups is 1. The van der Waals surface area contributed by atoms with Gasteiger partial charge < -0.3 is 15.5 Å². The van der Waals surface area contributed by atoms with Crippen LogP contribution in [0, 0.1) is 5.92 Å². The maximum Gasteiger partial charge on any atom is 0.258 e. The Morgan fingerprint density at radius 1 is 1.24 bits per heavy atom. The lowest BCUT2D eigenvalue weighted by Gasteiger charge is -2.35. The van der Waals surface area contributed by atoms with Gasteiger partial charge in [0, 0.05) is 25.8 Å². The second-order valence-electron chi connectivity index (χ2n) is 8.33. The highest BCUT2D eigenvalue weighted by molar-refractivity contribution is 7.92. The van der Waals surface area contributed by atoms with Gasteiger partial charge in [-0.2, -0.15) is 4.98 Å². The Hall–Kier alpha value is -3.14. The van der Waals surface area contributed by atoms with Crippen LogP contribution in [0.5, 0.6) is 0 Å². The van der Waals surface area contributed by atoms with Crippen molar-refractivity contribution < 1.29 is 13.2 Å². The first-order valence-corrected chi connectivity index (χ1v) is 13.0. The highest BCUT2D eigenvalue weighted by Crippen LogP contribution is 2.31. The van der Waals surface area contributed by atoms with Gasteiger partial charge in [-0.25, -0.2) is 13.4 Å². The molecule has 1 unspecified atom stereocenters.